The van der Waals surface area contributed by atoms with Gasteiger partial charge < -0.3 is 18.8 Å². The maximum Gasteiger partial charge on any atom is 0.340 e. The van der Waals surface area contributed by atoms with Crippen molar-refractivity contribution >= 4 is 22.8 Å². The van der Waals surface area contributed by atoms with Gasteiger partial charge in [-0.15, -0.1) is 0 Å². The lowest BCUT2D eigenvalue weighted by molar-refractivity contribution is -0.148. The first-order chi connectivity index (χ1) is 15.0. The van der Waals surface area contributed by atoms with Gasteiger partial charge in [-0.3, -0.25) is 9.59 Å². The summed E-state index contributed by atoms with van der Waals surface area (Å²) in [5.74, 6) is -1.04. The van der Waals surface area contributed by atoms with Crippen LogP contribution in [0, 0.1) is 0 Å². The number of fused-ring (bicyclic) bond motifs is 5. The molecule has 0 spiro atoms. The molecule has 2 aliphatic rings. The monoisotopic (exact) mass is 420 g/mol. The van der Waals surface area contributed by atoms with Crippen molar-refractivity contribution in [2.75, 3.05) is 14.2 Å². The third kappa shape index (κ3) is 2.67. The minimum Gasteiger partial charge on any atom is -0.497 e. The number of hydrogen-bond donors (Lipinski definition) is 0. The van der Waals surface area contributed by atoms with E-state index >= 15 is 0 Å². The zero-order valence-corrected chi connectivity index (χ0v) is 17.4. The average molecular weight is 420 g/mol. The summed E-state index contributed by atoms with van der Waals surface area (Å²) in [5, 5.41) is 0.869. The largest absolute Gasteiger partial charge is 0.497 e. The molecule has 5 rings (SSSR count). The Hall–Kier alpha value is -3.68. The van der Waals surface area contributed by atoms with Crippen LogP contribution in [0.15, 0.2) is 29.1 Å². The van der Waals surface area contributed by atoms with E-state index in [1.165, 1.54) is 11.7 Å². The van der Waals surface area contributed by atoms with Crippen LogP contribution in [-0.2, 0) is 27.4 Å². The van der Waals surface area contributed by atoms with Crippen molar-refractivity contribution in [1.29, 1.82) is 0 Å². The van der Waals surface area contributed by atoms with E-state index in [0.29, 0.717) is 40.2 Å². The van der Waals surface area contributed by atoms with Crippen molar-refractivity contribution in [3.8, 4) is 17.1 Å². The van der Waals surface area contributed by atoms with E-state index in [9.17, 15) is 14.4 Å². The highest BCUT2D eigenvalue weighted by atomic mass is 16.5. The van der Waals surface area contributed by atoms with Gasteiger partial charge in [0.15, 0.2) is 0 Å². The lowest BCUT2D eigenvalue weighted by atomic mass is 9.86. The van der Waals surface area contributed by atoms with Crippen LogP contribution in [-0.4, -0.2) is 35.7 Å². The van der Waals surface area contributed by atoms with Crippen molar-refractivity contribution in [3.63, 3.8) is 0 Å². The molecule has 0 saturated carbocycles. The first kappa shape index (κ1) is 19.3. The number of carbonyl (C=O) groups excluding carboxylic acids is 2. The van der Waals surface area contributed by atoms with Crippen molar-refractivity contribution in [1.82, 2.24) is 9.55 Å². The lowest BCUT2D eigenvalue weighted by Crippen LogP contribution is -2.35. The van der Waals surface area contributed by atoms with Crippen LogP contribution >= 0.6 is 0 Å². The number of carbonyl (C=O) groups is 2. The summed E-state index contributed by atoms with van der Waals surface area (Å²) >= 11 is 0. The summed E-state index contributed by atoms with van der Waals surface area (Å²) in [5.41, 5.74) is 3.15. The maximum atomic E-state index is 13.4. The fourth-order valence-electron chi connectivity index (χ4n) is 4.58. The molecule has 1 aromatic carbocycles. The highest BCUT2D eigenvalue weighted by Crippen LogP contribution is 2.41. The molecular weight excluding hydrogens is 400 g/mol. The van der Waals surface area contributed by atoms with E-state index in [4.69, 9.17) is 19.2 Å². The van der Waals surface area contributed by atoms with Gasteiger partial charge in [-0.25, -0.2) is 9.78 Å². The van der Waals surface area contributed by atoms with Gasteiger partial charge in [-0.1, -0.05) is 6.92 Å². The van der Waals surface area contributed by atoms with Crippen LogP contribution in [0.5, 0.6) is 5.75 Å². The number of benzene rings is 1. The number of rotatable bonds is 3. The number of nitrogens with zero attached hydrogens (tertiary/aromatic N) is 2. The SMILES string of the molecule is CCC1C(=O)OCc2c1c(C(=O)OC)c1n(c2=O)Cc2cc3cc(OC)ccc3nc2-1. The molecule has 1 unspecified atom stereocenters. The van der Waals surface area contributed by atoms with E-state index in [2.05, 4.69) is 0 Å². The number of esters is 2. The highest BCUT2D eigenvalue weighted by molar-refractivity contribution is 6.01. The molecule has 3 aromatic rings. The first-order valence-corrected chi connectivity index (χ1v) is 10.0. The summed E-state index contributed by atoms with van der Waals surface area (Å²) in [7, 11) is 2.88. The second-order valence-corrected chi connectivity index (χ2v) is 7.62. The van der Waals surface area contributed by atoms with Crippen LogP contribution in [0.2, 0.25) is 0 Å². The van der Waals surface area contributed by atoms with Gasteiger partial charge in [-0.05, 0) is 36.2 Å². The molecule has 0 saturated heterocycles. The first-order valence-electron chi connectivity index (χ1n) is 10.0. The summed E-state index contributed by atoms with van der Waals surface area (Å²) in [6.07, 6.45) is 0.399. The van der Waals surface area contributed by atoms with E-state index in [-0.39, 0.29) is 24.3 Å². The number of pyridine rings is 2. The molecule has 0 aliphatic carbocycles. The van der Waals surface area contributed by atoms with E-state index < -0.39 is 17.9 Å². The molecule has 0 amide bonds. The van der Waals surface area contributed by atoms with Gasteiger partial charge in [0.2, 0.25) is 0 Å². The van der Waals surface area contributed by atoms with E-state index in [1.807, 2.05) is 25.1 Å². The van der Waals surface area contributed by atoms with Crippen molar-refractivity contribution in [2.45, 2.75) is 32.4 Å². The van der Waals surface area contributed by atoms with Crippen molar-refractivity contribution < 1.29 is 23.8 Å². The normalized spacial score (nSPS) is 16.4. The molecule has 8 heteroatoms. The molecule has 31 heavy (non-hydrogen) atoms. The van der Waals surface area contributed by atoms with Crippen LogP contribution in [0.4, 0.5) is 0 Å². The topological polar surface area (TPSA) is 96.7 Å². The van der Waals surface area contributed by atoms with E-state index in [1.54, 1.807) is 13.2 Å². The Morgan fingerprint density at radius 2 is 2.06 bits per heavy atom. The smallest absolute Gasteiger partial charge is 0.340 e. The van der Waals surface area contributed by atoms with Crippen molar-refractivity contribution in [2.24, 2.45) is 0 Å². The summed E-state index contributed by atoms with van der Waals surface area (Å²) in [6.45, 7) is 1.93. The third-order valence-electron chi connectivity index (χ3n) is 6.05. The Morgan fingerprint density at radius 1 is 1.26 bits per heavy atom. The molecule has 1 atom stereocenters. The summed E-state index contributed by atoms with van der Waals surface area (Å²) < 4.78 is 17.2. The second-order valence-electron chi connectivity index (χ2n) is 7.62. The summed E-state index contributed by atoms with van der Waals surface area (Å²) in [6, 6.07) is 7.46. The molecule has 0 radical (unpaired) electrons. The van der Waals surface area contributed by atoms with Gasteiger partial charge in [0.1, 0.15) is 12.4 Å². The fourth-order valence-corrected chi connectivity index (χ4v) is 4.58. The van der Waals surface area contributed by atoms with E-state index in [0.717, 1.165) is 10.9 Å². The standard InChI is InChI=1S/C23H20N2O6/c1-4-14-17-15(10-31-22(14)27)21(26)25-9-12-7-11-8-13(29-2)5-6-16(11)24-19(12)20(25)18(17)23(28)30-3/h5-8,14H,4,9-10H2,1-3H3. The molecule has 4 heterocycles. The Labute approximate surface area is 177 Å². The average Bonchev–Trinajstić information content (AvgIpc) is 3.15. The zero-order valence-electron chi connectivity index (χ0n) is 17.4. The molecule has 8 nitrogen and oxygen atoms in total. The lowest BCUT2D eigenvalue weighted by Gasteiger charge is -2.27. The Balaban J connectivity index is 1.86. The number of hydrogen-bond acceptors (Lipinski definition) is 7. The van der Waals surface area contributed by atoms with Crippen LogP contribution in [0.3, 0.4) is 0 Å². The molecule has 0 bridgehead atoms. The highest BCUT2D eigenvalue weighted by Gasteiger charge is 2.40. The van der Waals surface area contributed by atoms with Gasteiger partial charge in [-0.2, -0.15) is 0 Å². The van der Waals surface area contributed by atoms with Gasteiger partial charge >= 0.3 is 11.9 Å². The third-order valence-corrected chi connectivity index (χ3v) is 6.05. The summed E-state index contributed by atoms with van der Waals surface area (Å²) in [4.78, 5) is 43.5. The number of aromatic nitrogens is 2. The minimum atomic E-state index is -0.704. The van der Waals surface area contributed by atoms with Gasteiger partial charge in [0.05, 0.1) is 54.7 Å². The number of ether oxygens (including phenoxy) is 3. The van der Waals surface area contributed by atoms with Crippen LogP contribution in [0.1, 0.15) is 46.3 Å². The Bertz CT molecular complexity index is 1340. The molecule has 2 aromatic heterocycles. The molecular formula is C23H20N2O6. The Morgan fingerprint density at radius 3 is 2.77 bits per heavy atom. The maximum absolute atomic E-state index is 13.4. The minimum absolute atomic E-state index is 0.156. The zero-order chi connectivity index (χ0) is 21.9. The van der Waals surface area contributed by atoms with Crippen molar-refractivity contribution in [3.05, 3.63) is 56.9 Å². The predicted molar refractivity (Wildman–Crippen MR) is 111 cm³/mol. The second kappa shape index (κ2) is 6.94. The molecule has 158 valence electrons. The molecule has 0 fully saturated rings. The molecule has 0 N–H and O–H groups in total. The quantitative estimate of drug-likeness (QED) is 0.470. The predicted octanol–water partition coefficient (Wildman–Crippen LogP) is 2.77. The fraction of sp³-hybridized carbons (Fsp3) is 0.304. The number of methoxy groups -OCH3 is 2. The van der Waals surface area contributed by atoms with Crippen LogP contribution in [0.25, 0.3) is 22.3 Å². The number of cyclic esters (lactones) is 1. The van der Waals surface area contributed by atoms with Crippen LogP contribution < -0.4 is 10.3 Å². The van der Waals surface area contributed by atoms with Gasteiger partial charge in [0, 0.05) is 10.9 Å². The Kier molecular flexibility index (Phi) is 4.32. The molecule has 2 aliphatic heterocycles. The van der Waals surface area contributed by atoms with Gasteiger partial charge in [0.25, 0.3) is 5.56 Å².